The highest BCUT2D eigenvalue weighted by atomic mass is 32.2. The zero-order chi connectivity index (χ0) is 20.4. The van der Waals surface area contributed by atoms with Crippen LogP contribution < -0.4 is 0 Å². The van der Waals surface area contributed by atoms with Crippen LogP contribution in [0.4, 0.5) is 0 Å². The zero-order valence-corrected chi connectivity index (χ0v) is 17.6. The third-order valence-electron chi connectivity index (χ3n) is 5.26. The molecule has 4 rings (SSSR count). The summed E-state index contributed by atoms with van der Waals surface area (Å²) >= 11 is 1.37. The van der Waals surface area contributed by atoms with E-state index >= 15 is 0 Å². The van der Waals surface area contributed by atoms with Crippen molar-refractivity contribution < 1.29 is 22.7 Å². The minimum absolute atomic E-state index is 0.0149. The van der Waals surface area contributed by atoms with Gasteiger partial charge in [-0.15, -0.1) is 11.8 Å². The number of hydrogen-bond donors (Lipinski definition) is 0. The van der Waals surface area contributed by atoms with Crippen LogP contribution in [0, 0.1) is 0 Å². The molecule has 8 heteroatoms. The Balaban J connectivity index is 1.28. The first kappa shape index (κ1) is 20.2. The molecule has 0 aromatic heterocycles. The number of rotatable bonds is 7. The van der Waals surface area contributed by atoms with E-state index in [1.54, 1.807) is 4.90 Å². The second-order valence-corrected chi connectivity index (χ2v) is 10.8. The molecule has 1 aliphatic carbocycles. The molecule has 2 fully saturated rings. The van der Waals surface area contributed by atoms with E-state index in [0.717, 1.165) is 28.5 Å². The van der Waals surface area contributed by atoms with Crippen molar-refractivity contribution in [2.45, 2.75) is 36.2 Å². The number of sulfone groups is 1. The van der Waals surface area contributed by atoms with Gasteiger partial charge in [-0.05, 0) is 42.2 Å². The minimum Gasteiger partial charge on any atom is -0.455 e. The molecule has 1 heterocycles. The van der Waals surface area contributed by atoms with Gasteiger partial charge in [-0.25, -0.2) is 8.42 Å². The number of fused-ring (bicyclic) bond motifs is 1. The fraction of sp³-hybridized carbons (Fsp3) is 0.429. The van der Waals surface area contributed by atoms with Crippen molar-refractivity contribution in [2.24, 2.45) is 0 Å². The Hall–Kier alpha value is -2.06. The molecular formula is C21H23NO5S2. The highest BCUT2D eigenvalue weighted by Gasteiger charge is 2.42. The maximum atomic E-state index is 12.6. The predicted octanol–water partition coefficient (Wildman–Crippen LogP) is 2.65. The van der Waals surface area contributed by atoms with Crippen molar-refractivity contribution in [1.82, 2.24) is 4.90 Å². The van der Waals surface area contributed by atoms with Gasteiger partial charge in [0.2, 0.25) is 0 Å². The lowest BCUT2D eigenvalue weighted by Crippen LogP contribution is -2.44. The average Bonchev–Trinajstić information content (AvgIpc) is 3.47. The second-order valence-electron chi connectivity index (χ2n) is 7.55. The first-order valence-corrected chi connectivity index (χ1v) is 12.5. The number of ether oxygens (including phenoxy) is 1. The molecule has 0 bridgehead atoms. The molecule has 2 aromatic carbocycles. The quantitative estimate of drug-likeness (QED) is 0.493. The Kier molecular flexibility index (Phi) is 5.83. The van der Waals surface area contributed by atoms with Crippen LogP contribution in [0.1, 0.15) is 19.3 Å². The largest absolute Gasteiger partial charge is 0.455 e. The van der Waals surface area contributed by atoms with E-state index in [0.29, 0.717) is 6.42 Å². The van der Waals surface area contributed by atoms with Gasteiger partial charge in [0.1, 0.15) is 0 Å². The van der Waals surface area contributed by atoms with E-state index in [1.807, 2.05) is 42.5 Å². The molecule has 1 saturated heterocycles. The number of amides is 1. The van der Waals surface area contributed by atoms with Crippen molar-refractivity contribution in [3.63, 3.8) is 0 Å². The second kappa shape index (κ2) is 8.36. The van der Waals surface area contributed by atoms with Gasteiger partial charge in [0.25, 0.3) is 5.91 Å². The average molecular weight is 434 g/mol. The lowest BCUT2D eigenvalue weighted by Gasteiger charge is -2.28. The van der Waals surface area contributed by atoms with Crippen LogP contribution in [0.3, 0.4) is 0 Å². The van der Waals surface area contributed by atoms with Crippen molar-refractivity contribution in [2.75, 3.05) is 23.9 Å². The normalized spacial score (nSPS) is 20.5. The smallest absolute Gasteiger partial charge is 0.316 e. The molecule has 0 N–H and O–H groups in total. The summed E-state index contributed by atoms with van der Waals surface area (Å²) in [7, 11) is -3.07. The summed E-state index contributed by atoms with van der Waals surface area (Å²) < 4.78 is 28.7. The summed E-state index contributed by atoms with van der Waals surface area (Å²) in [5.41, 5.74) is 0. The number of carbonyl (C=O) groups is 2. The summed E-state index contributed by atoms with van der Waals surface area (Å²) in [5, 5.41) is 2.24. The van der Waals surface area contributed by atoms with E-state index in [-0.39, 0.29) is 41.9 Å². The topological polar surface area (TPSA) is 80.8 Å². The summed E-state index contributed by atoms with van der Waals surface area (Å²) in [6.07, 6.45) is 2.23. The van der Waals surface area contributed by atoms with Crippen LogP contribution >= 0.6 is 11.8 Å². The van der Waals surface area contributed by atoms with Crippen LogP contribution in [0.2, 0.25) is 0 Å². The number of carbonyl (C=O) groups excluding carboxylic acids is 2. The number of esters is 1. The Morgan fingerprint density at radius 3 is 2.48 bits per heavy atom. The van der Waals surface area contributed by atoms with E-state index in [4.69, 9.17) is 4.74 Å². The predicted molar refractivity (Wildman–Crippen MR) is 113 cm³/mol. The van der Waals surface area contributed by atoms with Crippen molar-refractivity contribution >= 4 is 44.2 Å². The monoisotopic (exact) mass is 433 g/mol. The Morgan fingerprint density at radius 2 is 1.79 bits per heavy atom. The molecule has 1 saturated carbocycles. The van der Waals surface area contributed by atoms with Crippen LogP contribution in [0.25, 0.3) is 10.8 Å². The number of thioether (sulfide) groups is 1. The first-order chi connectivity index (χ1) is 13.9. The van der Waals surface area contributed by atoms with Crippen molar-refractivity contribution in [3.8, 4) is 0 Å². The van der Waals surface area contributed by atoms with Gasteiger partial charge in [0, 0.05) is 17.0 Å². The van der Waals surface area contributed by atoms with E-state index in [1.165, 1.54) is 11.8 Å². The maximum absolute atomic E-state index is 12.6. The third kappa shape index (κ3) is 5.11. The SMILES string of the molecule is O=C(CSc1ccc2ccccc2c1)OCC(=O)N(C1CC1)C1CCS(=O)(=O)C1. The molecule has 2 aromatic rings. The van der Waals surface area contributed by atoms with E-state index in [2.05, 4.69) is 0 Å². The van der Waals surface area contributed by atoms with Crippen molar-refractivity contribution in [3.05, 3.63) is 42.5 Å². The Bertz CT molecular complexity index is 1030. The van der Waals surface area contributed by atoms with E-state index < -0.39 is 15.8 Å². The highest BCUT2D eigenvalue weighted by molar-refractivity contribution is 8.00. The first-order valence-electron chi connectivity index (χ1n) is 9.70. The van der Waals surface area contributed by atoms with Crippen LogP contribution in [-0.4, -0.2) is 61.1 Å². The fourth-order valence-corrected chi connectivity index (χ4v) is 6.16. The molecule has 154 valence electrons. The standard InChI is InChI=1S/C21H23NO5S2/c23-20(22(17-6-7-17)18-9-10-29(25,26)14-18)12-27-21(24)13-28-19-8-5-15-3-1-2-4-16(15)11-19/h1-5,8,11,17-18H,6-7,9-10,12-14H2. The summed E-state index contributed by atoms with van der Waals surface area (Å²) in [4.78, 5) is 27.3. The van der Waals surface area contributed by atoms with Crippen LogP contribution in [-0.2, 0) is 24.2 Å². The van der Waals surface area contributed by atoms with E-state index in [9.17, 15) is 18.0 Å². The number of hydrogen-bond acceptors (Lipinski definition) is 6. The van der Waals surface area contributed by atoms with Gasteiger partial charge in [-0.2, -0.15) is 0 Å². The van der Waals surface area contributed by atoms with Gasteiger partial charge in [0.15, 0.2) is 16.4 Å². The van der Waals surface area contributed by atoms with Gasteiger partial charge in [-0.1, -0.05) is 30.3 Å². The molecule has 1 unspecified atom stereocenters. The molecule has 0 spiro atoms. The molecule has 6 nitrogen and oxygen atoms in total. The number of benzene rings is 2. The van der Waals surface area contributed by atoms with Crippen LogP contribution in [0.15, 0.2) is 47.4 Å². The van der Waals surface area contributed by atoms with Gasteiger partial charge < -0.3 is 9.64 Å². The molecule has 0 radical (unpaired) electrons. The maximum Gasteiger partial charge on any atom is 0.316 e. The molecule has 29 heavy (non-hydrogen) atoms. The van der Waals surface area contributed by atoms with Gasteiger partial charge in [-0.3, -0.25) is 9.59 Å². The minimum atomic E-state index is -3.07. The number of nitrogens with zero attached hydrogens (tertiary/aromatic N) is 1. The van der Waals surface area contributed by atoms with Crippen molar-refractivity contribution in [1.29, 1.82) is 0 Å². The van der Waals surface area contributed by atoms with Gasteiger partial charge in [0.05, 0.1) is 17.3 Å². The molecule has 1 amide bonds. The molecular weight excluding hydrogens is 410 g/mol. The third-order valence-corrected chi connectivity index (χ3v) is 7.98. The molecule has 1 atom stereocenters. The molecule has 1 aliphatic heterocycles. The summed E-state index contributed by atoms with van der Waals surface area (Å²) in [6.45, 7) is -0.329. The van der Waals surface area contributed by atoms with Gasteiger partial charge >= 0.3 is 5.97 Å². The fourth-order valence-electron chi connectivity index (χ4n) is 3.71. The lowest BCUT2D eigenvalue weighted by atomic mass is 10.1. The van der Waals surface area contributed by atoms with Crippen LogP contribution in [0.5, 0.6) is 0 Å². The summed E-state index contributed by atoms with van der Waals surface area (Å²) in [5.74, 6) is -0.491. The highest BCUT2D eigenvalue weighted by Crippen LogP contribution is 2.32. The molecule has 2 aliphatic rings. The zero-order valence-electron chi connectivity index (χ0n) is 16.0. The Morgan fingerprint density at radius 1 is 1.03 bits per heavy atom. The lowest BCUT2D eigenvalue weighted by molar-refractivity contribution is -0.151. The summed E-state index contributed by atoms with van der Waals surface area (Å²) in [6, 6.07) is 13.8. The Labute approximate surface area is 174 Å².